The lowest BCUT2D eigenvalue weighted by molar-refractivity contribution is 0.0949. The number of fused-ring (bicyclic) bond motifs is 1. The highest BCUT2D eigenvalue weighted by Gasteiger charge is 2.22. The first-order valence-corrected chi connectivity index (χ1v) is 7.87. The van der Waals surface area contributed by atoms with Crippen LogP contribution in [-0.4, -0.2) is 47.0 Å². The maximum Gasteiger partial charge on any atom is 0.265 e. The number of likely N-dealkylation sites (N-methyl/N-ethyl adjacent to an activating group) is 1. The van der Waals surface area contributed by atoms with E-state index in [1.165, 1.54) is 10.9 Å². The van der Waals surface area contributed by atoms with Gasteiger partial charge >= 0.3 is 0 Å². The Morgan fingerprint density at radius 1 is 1.43 bits per heavy atom. The minimum atomic E-state index is -0.296. The second-order valence-electron chi connectivity index (χ2n) is 5.79. The first kappa shape index (κ1) is 17.2. The standard InChI is InChI=1S/C16H24N4O3/c1-5-6-8-19(3)9-7-17-14(21)12-11(2)23-15-13(12)16(22)20(4)10-18-15/h10H,5-9H2,1-4H3,(H,17,21). The van der Waals surface area contributed by atoms with Crippen molar-refractivity contribution in [3.63, 3.8) is 0 Å². The van der Waals surface area contributed by atoms with Crippen LogP contribution in [0.25, 0.3) is 11.1 Å². The average Bonchev–Trinajstić information content (AvgIpc) is 2.86. The minimum Gasteiger partial charge on any atom is -0.442 e. The molecule has 0 aromatic carbocycles. The van der Waals surface area contributed by atoms with Gasteiger partial charge in [-0.05, 0) is 26.9 Å². The number of hydrogen-bond donors (Lipinski definition) is 1. The fourth-order valence-electron chi connectivity index (χ4n) is 2.45. The number of furan rings is 1. The molecule has 0 fully saturated rings. The van der Waals surface area contributed by atoms with Crippen LogP contribution in [0.15, 0.2) is 15.5 Å². The van der Waals surface area contributed by atoms with E-state index < -0.39 is 0 Å². The Balaban J connectivity index is 2.11. The summed E-state index contributed by atoms with van der Waals surface area (Å²) in [6.45, 7) is 6.10. The van der Waals surface area contributed by atoms with Gasteiger partial charge in [-0.25, -0.2) is 4.98 Å². The van der Waals surface area contributed by atoms with Crippen molar-refractivity contribution in [2.75, 3.05) is 26.7 Å². The number of rotatable bonds is 7. The molecule has 0 aliphatic rings. The van der Waals surface area contributed by atoms with E-state index in [1.54, 1.807) is 14.0 Å². The average molecular weight is 320 g/mol. The zero-order chi connectivity index (χ0) is 17.0. The van der Waals surface area contributed by atoms with Crippen molar-refractivity contribution in [2.24, 2.45) is 7.05 Å². The van der Waals surface area contributed by atoms with E-state index in [0.29, 0.717) is 12.3 Å². The van der Waals surface area contributed by atoms with Gasteiger partial charge in [0.2, 0.25) is 5.71 Å². The lowest BCUT2D eigenvalue weighted by atomic mass is 10.2. The van der Waals surface area contributed by atoms with Gasteiger partial charge in [-0.2, -0.15) is 0 Å². The highest BCUT2D eigenvalue weighted by Crippen LogP contribution is 2.20. The molecule has 0 radical (unpaired) electrons. The van der Waals surface area contributed by atoms with Gasteiger partial charge in [0.1, 0.15) is 17.5 Å². The topological polar surface area (TPSA) is 80.4 Å². The molecule has 0 saturated carbocycles. The molecule has 126 valence electrons. The van der Waals surface area contributed by atoms with Crippen molar-refractivity contribution < 1.29 is 9.21 Å². The van der Waals surface area contributed by atoms with Crippen molar-refractivity contribution in [1.82, 2.24) is 19.8 Å². The van der Waals surface area contributed by atoms with E-state index in [2.05, 4.69) is 22.1 Å². The van der Waals surface area contributed by atoms with Crippen molar-refractivity contribution in [1.29, 1.82) is 0 Å². The van der Waals surface area contributed by atoms with E-state index in [-0.39, 0.29) is 28.1 Å². The van der Waals surface area contributed by atoms with Gasteiger partial charge in [-0.1, -0.05) is 13.3 Å². The Bertz CT molecular complexity index is 748. The number of carbonyl (C=O) groups excluding carboxylic acids is 1. The first-order chi connectivity index (χ1) is 11.0. The van der Waals surface area contributed by atoms with Crippen molar-refractivity contribution in [2.45, 2.75) is 26.7 Å². The number of amides is 1. The number of nitrogens with zero attached hydrogens (tertiary/aromatic N) is 3. The van der Waals surface area contributed by atoms with Gasteiger partial charge in [0.15, 0.2) is 0 Å². The van der Waals surface area contributed by atoms with Crippen molar-refractivity contribution in [3.8, 4) is 0 Å². The van der Waals surface area contributed by atoms with Gasteiger partial charge < -0.3 is 19.2 Å². The molecule has 2 rings (SSSR count). The summed E-state index contributed by atoms with van der Waals surface area (Å²) in [7, 11) is 3.63. The molecule has 2 aromatic rings. The zero-order valence-corrected chi connectivity index (χ0v) is 14.2. The summed E-state index contributed by atoms with van der Waals surface area (Å²) in [6.07, 6.45) is 3.67. The molecule has 7 heteroatoms. The van der Waals surface area contributed by atoms with E-state index in [4.69, 9.17) is 4.42 Å². The number of carbonyl (C=O) groups is 1. The first-order valence-electron chi connectivity index (χ1n) is 7.87. The predicted octanol–water partition coefficient (Wildman–Crippen LogP) is 1.30. The number of aryl methyl sites for hydroxylation is 2. The normalized spacial score (nSPS) is 11.3. The number of aromatic nitrogens is 2. The van der Waals surface area contributed by atoms with Crippen LogP contribution in [0.1, 0.15) is 35.9 Å². The SMILES string of the molecule is CCCCN(C)CCNC(=O)c1c(C)oc2ncn(C)c(=O)c12. The summed E-state index contributed by atoms with van der Waals surface area (Å²) >= 11 is 0. The summed E-state index contributed by atoms with van der Waals surface area (Å²) < 4.78 is 6.78. The van der Waals surface area contributed by atoms with Crippen LogP contribution in [0, 0.1) is 6.92 Å². The van der Waals surface area contributed by atoms with Crippen LogP contribution in [-0.2, 0) is 7.05 Å². The van der Waals surface area contributed by atoms with Gasteiger partial charge in [0, 0.05) is 20.1 Å². The van der Waals surface area contributed by atoms with Gasteiger partial charge in [0.05, 0.1) is 5.56 Å². The third-order valence-corrected chi connectivity index (χ3v) is 3.85. The molecule has 23 heavy (non-hydrogen) atoms. The second-order valence-corrected chi connectivity index (χ2v) is 5.79. The molecule has 0 spiro atoms. The third-order valence-electron chi connectivity index (χ3n) is 3.85. The lowest BCUT2D eigenvalue weighted by Crippen LogP contribution is -2.34. The van der Waals surface area contributed by atoms with Gasteiger partial charge in [-0.15, -0.1) is 0 Å². The Kier molecular flexibility index (Phi) is 5.54. The summed E-state index contributed by atoms with van der Waals surface area (Å²) in [5, 5.41) is 3.10. The maximum atomic E-state index is 12.4. The maximum absolute atomic E-state index is 12.4. The Morgan fingerprint density at radius 2 is 2.17 bits per heavy atom. The van der Waals surface area contributed by atoms with Crippen molar-refractivity contribution >= 4 is 17.0 Å². The minimum absolute atomic E-state index is 0.204. The van der Waals surface area contributed by atoms with E-state index in [1.807, 2.05) is 7.05 Å². The molecule has 0 aliphatic heterocycles. The molecule has 7 nitrogen and oxygen atoms in total. The molecule has 1 N–H and O–H groups in total. The monoisotopic (exact) mass is 320 g/mol. The molecule has 0 aliphatic carbocycles. The fraction of sp³-hybridized carbons (Fsp3) is 0.562. The summed E-state index contributed by atoms with van der Waals surface area (Å²) in [6, 6.07) is 0. The Hall–Kier alpha value is -2.15. The molecule has 0 bridgehead atoms. The van der Waals surface area contributed by atoms with Crippen molar-refractivity contribution in [3.05, 3.63) is 28.0 Å². The van der Waals surface area contributed by atoms with E-state index >= 15 is 0 Å². The highest BCUT2D eigenvalue weighted by atomic mass is 16.3. The molecule has 2 heterocycles. The number of nitrogens with one attached hydrogen (secondary N) is 1. The number of unbranched alkanes of at least 4 members (excludes halogenated alkanes) is 1. The Morgan fingerprint density at radius 3 is 2.87 bits per heavy atom. The largest absolute Gasteiger partial charge is 0.442 e. The summed E-state index contributed by atoms with van der Waals surface area (Å²) in [5.74, 6) is 0.114. The molecular formula is C16H24N4O3. The summed E-state index contributed by atoms with van der Waals surface area (Å²) in [4.78, 5) is 30.9. The van der Waals surface area contributed by atoms with Gasteiger partial charge in [0.25, 0.3) is 11.5 Å². The lowest BCUT2D eigenvalue weighted by Gasteiger charge is -2.16. The molecule has 0 unspecified atom stereocenters. The smallest absolute Gasteiger partial charge is 0.265 e. The van der Waals surface area contributed by atoms with Crippen LogP contribution in [0.2, 0.25) is 0 Å². The van der Waals surface area contributed by atoms with E-state index in [0.717, 1.165) is 25.9 Å². The van der Waals surface area contributed by atoms with E-state index in [9.17, 15) is 9.59 Å². The second kappa shape index (κ2) is 7.41. The molecule has 1 amide bonds. The van der Waals surface area contributed by atoms with Crippen LogP contribution < -0.4 is 10.9 Å². The molecule has 2 aromatic heterocycles. The quantitative estimate of drug-likeness (QED) is 0.831. The molecule has 0 saturated heterocycles. The zero-order valence-electron chi connectivity index (χ0n) is 14.2. The Labute approximate surface area is 135 Å². The third kappa shape index (κ3) is 3.79. The molecule has 0 atom stereocenters. The summed E-state index contributed by atoms with van der Waals surface area (Å²) in [5.41, 5.74) is 0.206. The molecular weight excluding hydrogens is 296 g/mol. The van der Waals surface area contributed by atoms with Crippen LogP contribution in [0.5, 0.6) is 0 Å². The fourth-order valence-corrected chi connectivity index (χ4v) is 2.45. The number of hydrogen-bond acceptors (Lipinski definition) is 5. The van der Waals surface area contributed by atoms with Crippen LogP contribution in [0.4, 0.5) is 0 Å². The van der Waals surface area contributed by atoms with Crippen LogP contribution in [0.3, 0.4) is 0 Å². The van der Waals surface area contributed by atoms with Crippen LogP contribution >= 0.6 is 0 Å². The predicted molar refractivity (Wildman–Crippen MR) is 88.7 cm³/mol. The highest BCUT2D eigenvalue weighted by molar-refractivity contribution is 6.06. The van der Waals surface area contributed by atoms with Gasteiger partial charge in [-0.3, -0.25) is 9.59 Å².